The number of hydrogen-bond acceptors (Lipinski definition) is 4. The summed E-state index contributed by atoms with van der Waals surface area (Å²) in [7, 11) is 0. The largest absolute Gasteiger partial charge is 0.452 e. The van der Waals surface area contributed by atoms with E-state index in [-0.39, 0.29) is 16.8 Å². The Morgan fingerprint density at radius 2 is 1.85 bits per heavy atom. The number of carbonyl (C=O) groups is 2. The standard InChI is InChI=1S/C25H25ClFN3O3/c1-15(18-8-7-17-5-3-4-6-19(17)13-18)28-22(31)14-33-25(32)23-16(2)29-30(24(23)26)21-11-9-20(27)10-12-21/h7-13,15H,3-6,14H2,1-2H3,(H,28,31). The van der Waals surface area contributed by atoms with E-state index in [4.69, 9.17) is 16.3 Å². The summed E-state index contributed by atoms with van der Waals surface area (Å²) >= 11 is 6.34. The summed E-state index contributed by atoms with van der Waals surface area (Å²) in [6.45, 7) is 3.07. The van der Waals surface area contributed by atoms with Gasteiger partial charge in [-0.25, -0.2) is 13.9 Å². The number of carbonyl (C=O) groups excluding carboxylic acids is 2. The maximum absolute atomic E-state index is 13.2. The monoisotopic (exact) mass is 469 g/mol. The van der Waals surface area contributed by atoms with Crippen LogP contribution in [0.2, 0.25) is 5.15 Å². The van der Waals surface area contributed by atoms with Gasteiger partial charge in [-0.3, -0.25) is 4.79 Å². The highest BCUT2D eigenvalue weighted by molar-refractivity contribution is 6.33. The average Bonchev–Trinajstić information content (AvgIpc) is 3.11. The molecule has 8 heteroatoms. The Hall–Kier alpha value is -3.19. The number of aryl methyl sites for hydroxylation is 3. The van der Waals surface area contributed by atoms with Gasteiger partial charge >= 0.3 is 5.97 Å². The van der Waals surface area contributed by atoms with Gasteiger partial charge in [-0.1, -0.05) is 29.8 Å². The van der Waals surface area contributed by atoms with Crippen LogP contribution in [-0.2, 0) is 22.4 Å². The Bertz CT molecular complexity index is 1190. The van der Waals surface area contributed by atoms with Gasteiger partial charge < -0.3 is 10.1 Å². The highest BCUT2D eigenvalue weighted by atomic mass is 35.5. The fraction of sp³-hybridized carbons (Fsp3) is 0.320. The molecule has 0 saturated carbocycles. The number of aromatic nitrogens is 2. The Morgan fingerprint density at radius 1 is 1.15 bits per heavy atom. The fourth-order valence-corrected chi connectivity index (χ4v) is 4.43. The third kappa shape index (κ3) is 5.09. The number of fused-ring (bicyclic) bond motifs is 1. The van der Waals surface area contributed by atoms with Crippen LogP contribution in [0.1, 0.15) is 58.5 Å². The topological polar surface area (TPSA) is 73.2 Å². The van der Waals surface area contributed by atoms with Crippen molar-refractivity contribution in [2.75, 3.05) is 6.61 Å². The molecule has 1 N–H and O–H groups in total. The van der Waals surface area contributed by atoms with Crippen molar-refractivity contribution in [1.29, 1.82) is 0 Å². The van der Waals surface area contributed by atoms with Crippen LogP contribution in [0.5, 0.6) is 0 Å². The molecule has 4 rings (SSSR count). The summed E-state index contributed by atoms with van der Waals surface area (Å²) < 4.78 is 19.7. The van der Waals surface area contributed by atoms with E-state index < -0.39 is 24.3 Å². The van der Waals surface area contributed by atoms with E-state index in [2.05, 4.69) is 22.5 Å². The van der Waals surface area contributed by atoms with Crippen molar-refractivity contribution in [1.82, 2.24) is 15.1 Å². The molecule has 0 fully saturated rings. The molecule has 1 amide bonds. The summed E-state index contributed by atoms with van der Waals surface area (Å²) in [5.74, 6) is -1.55. The van der Waals surface area contributed by atoms with Crippen molar-refractivity contribution in [2.24, 2.45) is 0 Å². The van der Waals surface area contributed by atoms with Gasteiger partial charge in [0.25, 0.3) is 5.91 Å². The quantitative estimate of drug-likeness (QED) is 0.522. The zero-order chi connectivity index (χ0) is 23.5. The second-order valence-electron chi connectivity index (χ2n) is 8.24. The first kappa shape index (κ1) is 23.0. The van der Waals surface area contributed by atoms with Crippen molar-refractivity contribution < 1.29 is 18.7 Å². The van der Waals surface area contributed by atoms with Crippen molar-refractivity contribution >= 4 is 23.5 Å². The maximum atomic E-state index is 13.2. The average molecular weight is 470 g/mol. The molecule has 1 heterocycles. The number of ether oxygens (including phenoxy) is 1. The van der Waals surface area contributed by atoms with Crippen molar-refractivity contribution in [2.45, 2.75) is 45.6 Å². The van der Waals surface area contributed by atoms with Gasteiger partial charge in [0.2, 0.25) is 0 Å². The van der Waals surface area contributed by atoms with Crippen LogP contribution in [0.4, 0.5) is 4.39 Å². The first-order valence-electron chi connectivity index (χ1n) is 10.9. The van der Waals surface area contributed by atoms with Crippen molar-refractivity contribution in [3.05, 3.63) is 81.4 Å². The maximum Gasteiger partial charge on any atom is 0.343 e. The van der Waals surface area contributed by atoms with E-state index in [1.54, 1.807) is 6.92 Å². The third-order valence-corrected chi connectivity index (χ3v) is 6.21. The molecule has 2 aromatic carbocycles. The van der Waals surface area contributed by atoms with E-state index in [1.807, 2.05) is 13.0 Å². The van der Waals surface area contributed by atoms with Crippen molar-refractivity contribution in [3.63, 3.8) is 0 Å². The molecule has 0 spiro atoms. The van der Waals surface area contributed by atoms with Crippen LogP contribution in [0.15, 0.2) is 42.5 Å². The molecular formula is C25H25ClFN3O3. The number of esters is 1. The lowest BCUT2D eigenvalue weighted by Gasteiger charge is -2.20. The second kappa shape index (κ2) is 9.75. The summed E-state index contributed by atoms with van der Waals surface area (Å²) in [5.41, 5.74) is 4.66. The Morgan fingerprint density at radius 3 is 2.58 bits per heavy atom. The van der Waals surface area contributed by atoms with Crippen LogP contribution in [0, 0.1) is 12.7 Å². The molecule has 1 aliphatic carbocycles. The Balaban J connectivity index is 1.38. The molecule has 1 atom stereocenters. The summed E-state index contributed by atoms with van der Waals surface area (Å²) in [5, 5.41) is 7.15. The predicted octanol–water partition coefficient (Wildman–Crippen LogP) is 4.89. The molecule has 0 saturated heterocycles. The van der Waals surface area contributed by atoms with E-state index in [0.29, 0.717) is 11.4 Å². The number of nitrogens with one attached hydrogen (secondary N) is 1. The SMILES string of the molecule is Cc1nn(-c2ccc(F)cc2)c(Cl)c1C(=O)OCC(=O)NC(C)c1ccc2c(c1)CCCC2. The number of halogens is 2. The van der Waals surface area contributed by atoms with Gasteiger partial charge in [0.1, 0.15) is 16.5 Å². The predicted molar refractivity (Wildman–Crippen MR) is 123 cm³/mol. The minimum Gasteiger partial charge on any atom is -0.452 e. The lowest BCUT2D eigenvalue weighted by molar-refractivity contribution is -0.124. The van der Waals surface area contributed by atoms with Crippen LogP contribution in [0.3, 0.4) is 0 Å². The van der Waals surface area contributed by atoms with Crippen LogP contribution < -0.4 is 5.32 Å². The number of amides is 1. The molecular weight excluding hydrogens is 445 g/mol. The first-order valence-corrected chi connectivity index (χ1v) is 11.3. The molecule has 1 unspecified atom stereocenters. The normalized spacial score (nSPS) is 13.8. The smallest absolute Gasteiger partial charge is 0.343 e. The fourth-order valence-electron chi connectivity index (χ4n) is 4.08. The molecule has 172 valence electrons. The Labute approximate surface area is 196 Å². The van der Waals surface area contributed by atoms with Crippen LogP contribution >= 0.6 is 11.6 Å². The van der Waals surface area contributed by atoms with Gasteiger partial charge in [-0.05, 0) is 80.5 Å². The van der Waals surface area contributed by atoms with Gasteiger partial charge in [0, 0.05) is 0 Å². The minimum atomic E-state index is -0.748. The summed E-state index contributed by atoms with van der Waals surface area (Å²) in [6.07, 6.45) is 4.57. The Kier molecular flexibility index (Phi) is 6.79. The molecule has 33 heavy (non-hydrogen) atoms. The van der Waals surface area contributed by atoms with Gasteiger partial charge in [0.15, 0.2) is 6.61 Å². The van der Waals surface area contributed by atoms with E-state index in [1.165, 1.54) is 52.9 Å². The molecule has 0 radical (unpaired) electrons. The zero-order valence-corrected chi connectivity index (χ0v) is 19.3. The highest BCUT2D eigenvalue weighted by Gasteiger charge is 2.23. The molecule has 6 nitrogen and oxygen atoms in total. The lowest BCUT2D eigenvalue weighted by atomic mass is 9.89. The number of benzene rings is 2. The van der Waals surface area contributed by atoms with E-state index in [9.17, 15) is 14.0 Å². The second-order valence-corrected chi connectivity index (χ2v) is 8.60. The van der Waals surface area contributed by atoms with Gasteiger partial charge in [0.05, 0.1) is 17.4 Å². The highest BCUT2D eigenvalue weighted by Crippen LogP contribution is 2.26. The molecule has 1 aromatic heterocycles. The number of rotatable bonds is 6. The van der Waals surface area contributed by atoms with E-state index in [0.717, 1.165) is 18.4 Å². The van der Waals surface area contributed by atoms with E-state index >= 15 is 0 Å². The minimum absolute atomic E-state index is 0.0342. The molecule has 0 aliphatic heterocycles. The van der Waals surface area contributed by atoms with Crippen molar-refractivity contribution in [3.8, 4) is 5.69 Å². The third-order valence-electron chi connectivity index (χ3n) is 5.86. The molecule has 1 aliphatic rings. The lowest BCUT2D eigenvalue weighted by Crippen LogP contribution is -2.31. The van der Waals surface area contributed by atoms with Crippen LogP contribution in [0.25, 0.3) is 5.69 Å². The summed E-state index contributed by atoms with van der Waals surface area (Å²) in [6, 6.07) is 11.7. The molecule has 0 bridgehead atoms. The number of nitrogens with zero attached hydrogens (tertiary/aromatic N) is 2. The van der Waals surface area contributed by atoms with Crippen LogP contribution in [-0.4, -0.2) is 28.3 Å². The first-order chi connectivity index (χ1) is 15.8. The molecule has 3 aromatic rings. The van der Waals surface area contributed by atoms with Gasteiger partial charge in [-0.2, -0.15) is 5.10 Å². The zero-order valence-electron chi connectivity index (χ0n) is 18.5. The van der Waals surface area contributed by atoms with Gasteiger partial charge in [-0.15, -0.1) is 0 Å². The summed E-state index contributed by atoms with van der Waals surface area (Å²) in [4.78, 5) is 25.0. The number of hydrogen-bond donors (Lipinski definition) is 1.